The molecular formula is C11H20N2O. The summed E-state index contributed by atoms with van der Waals surface area (Å²) in [6.45, 7) is 1.73. The summed E-state index contributed by atoms with van der Waals surface area (Å²) in [5, 5.41) is 6.31. The van der Waals surface area contributed by atoms with Crippen LogP contribution in [-0.4, -0.2) is 25.0 Å². The minimum atomic E-state index is 0.207. The molecule has 2 rings (SSSR count). The van der Waals surface area contributed by atoms with E-state index in [0.717, 1.165) is 19.0 Å². The van der Waals surface area contributed by atoms with Gasteiger partial charge >= 0.3 is 0 Å². The Balaban J connectivity index is 1.40. The minimum absolute atomic E-state index is 0.207. The van der Waals surface area contributed by atoms with Crippen molar-refractivity contribution in [2.24, 2.45) is 5.92 Å². The number of hydrogen-bond donors (Lipinski definition) is 2. The van der Waals surface area contributed by atoms with Crippen molar-refractivity contribution in [3.8, 4) is 0 Å². The van der Waals surface area contributed by atoms with E-state index in [-0.39, 0.29) is 5.91 Å². The Morgan fingerprint density at radius 3 is 2.57 bits per heavy atom. The standard InChI is InChI=1S/C11H20N2O/c14-11(6-8-12-10-3-4-10)13-7-5-9-1-2-9/h9-10,12H,1-8H2,(H,13,14). The van der Waals surface area contributed by atoms with E-state index in [1.165, 1.54) is 32.1 Å². The first-order valence-electron chi connectivity index (χ1n) is 5.84. The molecule has 0 spiro atoms. The van der Waals surface area contributed by atoms with Crippen LogP contribution in [0.15, 0.2) is 0 Å². The van der Waals surface area contributed by atoms with Crippen molar-refractivity contribution < 1.29 is 4.79 Å². The van der Waals surface area contributed by atoms with E-state index in [1.54, 1.807) is 0 Å². The van der Waals surface area contributed by atoms with E-state index in [4.69, 9.17) is 0 Å². The fourth-order valence-electron chi connectivity index (χ4n) is 1.59. The average molecular weight is 196 g/mol. The number of nitrogens with one attached hydrogen (secondary N) is 2. The summed E-state index contributed by atoms with van der Waals surface area (Å²) >= 11 is 0. The minimum Gasteiger partial charge on any atom is -0.356 e. The number of amides is 1. The van der Waals surface area contributed by atoms with Crippen LogP contribution >= 0.6 is 0 Å². The molecule has 0 heterocycles. The molecule has 1 amide bonds. The highest BCUT2D eigenvalue weighted by Gasteiger charge is 2.21. The molecule has 0 atom stereocenters. The van der Waals surface area contributed by atoms with Crippen LogP contribution in [0.4, 0.5) is 0 Å². The maximum Gasteiger partial charge on any atom is 0.221 e. The van der Waals surface area contributed by atoms with Crippen LogP contribution in [0.2, 0.25) is 0 Å². The van der Waals surface area contributed by atoms with Crippen LogP contribution in [0.1, 0.15) is 38.5 Å². The lowest BCUT2D eigenvalue weighted by Crippen LogP contribution is -2.29. The molecule has 3 nitrogen and oxygen atoms in total. The van der Waals surface area contributed by atoms with Gasteiger partial charge in [-0.1, -0.05) is 12.8 Å². The van der Waals surface area contributed by atoms with Crippen molar-refractivity contribution in [1.29, 1.82) is 0 Å². The van der Waals surface area contributed by atoms with Crippen molar-refractivity contribution in [2.45, 2.75) is 44.6 Å². The summed E-state index contributed by atoms with van der Waals surface area (Å²) in [7, 11) is 0. The van der Waals surface area contributed by atoms with Gasteiger partial charge < -0.3 is 10.6 Å². The molecular weight excluding hydrogens is 176 g/mol. The molecule has 2 saturated carbocycles. The van der Waals surface area contributed by atoms with Crippen molar-refractivity contribution in [3.05, 3.63) is 0 Å². The van der Waals surface area contributed by atoms with Crippen molar-refractivity contribution >= 4 is 5.91 Å². The molecule has 0 aromatic heterocycles. The van der Waals surface area contributed by atoms with Gasteiger partial charge in [-0.15, -0.1) is 0 Å². The third kappa shape index (κ3) is 4.09. The van der Waals surface area contributed by atoms with E-state index in [0.29, 0.717) is 12.5 Å². The summed E-state index contributed by atoms with van der Waals surface area (Å²) in [5.74, 6) is 1.12. The third-order valence-corrected chi connectivity index (χ3v) is 2.93. The Morgan fingerprint density at radius 1 is 1.14 bits per heavy atom. The average Bonchev–Trinajstić information content (AvgIpc) is 2.99. The Bertz CT molecular complexity index is 177. The van der Waals surface area contributed by atoms with E-state index < -0.39 is 0 Å². The SMILES string of the molecule is O=C(CCNC1CC1)NCCC1CC1. The molecule has 14 heavy (non-hydrogen) atoms. The zero-order valence-corrected chi connectivity index (χ0v) is 8.72. The molecule has 80 valence electrons. The molecule has 3 heteroatoms. The summed E-state index contributed by atoms with van der Waals surface area (Å²) < 4.78 is 0. The van der Waals surface area contributed by atoms with Gasteiger partial charge in [-0.2, -0.15) is 0 Å². The fraction of sp³-hybridized carbons (Fsp3) is 0.909. The lowest BCUT2D eigenvalue weighted by Gasteiger charge is -2.04. The molecule has 0 unspecified atom stereocenters. The van der Waals surface area contributed by atoms with E-state index in [2.05, 4.69) is 10.6 Å². The first-order valence-corrected chi connectivity index (χ1v) is 5.84. The van der Waals surface area contributed by atoms with E-state index >= 15 is 0 Å². The zero-order chi connectivity index (χ0) is 9.80. The molecule has 2 N–H and O–H groups in total. The third-order valence-electron chi connectivity index (χ3n) is 2.93. The van der Waals surface area contributed by atoms with E-state index in [1.807, 2.05) is 0 Å². The van der Waals surface area contributed by atoms with Gasteiger partial charge in [-0.25, -0.2) is 0 Å². The van der Waals surface area contributed by atoms with Crippen molar-refractivity contribution in [2.75, 3.05) is 13.1 Å². The predicted octanol–water partition coefficient (Wildman–Crippen LogP) is 1.04. The highest BCUT2D eigenvalue weighted by atomic mass is 16.1. The number of carbonyl (C=O) groups excluding carboxylic acids is 1. The Labute approximate surface area is 85.6 Å². The molecule has 0 radical (unpaired) electrons. The topological polar surface area (TPSA) is 41.1 Å². The second-order valence-corrected chi connectivity index (χ2v) is 4.56. The Morgan fingerprint density at radius 2 is 1.93 bits per heavy atom. The van der Waals surface area contributed by atoms with Gasteiger partial charge in [0.15, 0.2) is 0 Å². The van der Waals surface area contributed by atoms with Gasteiger partial charge in [0, 0.05) is 25.6 Å². The maximum absolute atomic E-state index is 11.3. The molecule has 0 bridgehead atoms. The van der Waals surface area contributed by atoms with Gasteiger partial charge in [0.05, 0.1) is 0 Å². The highest BCUT2D eigenvalue weighted by molar-refractivity contribution is 5.76. The second kappa shape index (κ2) is 4.78. The summed E-state index contributed by atoms with van der Waals surface area (Å²) in [4.78, 5) is 11.3. The molecule has 0 aromatic carbocycles. The lowest BCUT2D eigenvalue weighted by molar-refractivity contribution is -0.121. The lowest BCUT2D eigenvalue weighted by atomic mass is 10.3. The number of rotatable bonds is 7. The summed E-state index contributed by atoms with van der Waals surface area (Å²) in [6.07, 6.45) is 7.16. The first kappa shape index (κ1) is 9.97. The molecule has 2 aliphatic carbocycles. The Kier molecular flexibility index (Phi) is 3.40. The molecule has 0 aliphatic heterocycles. The molecule has 0 aromatic rings. The van der Waals surface area contributed by atoms with Crippen LogP contribution in [0.3, 0.4) is 0 Å². The highest BCUT2D eigenvalue weighted by Crippen LogP contribution is 2.31. The first-order chi connectivity index (χ1) is 6.84. The quantitative estimate of drug-likeness (QED) is 0.639. The van der Waals surface area contributed by atoms with Gasteiger partial charge in [0.1, 0.15) is 0 Å². The van der Waals surface area contributed by atoms with Crippen LogP contribution < -0.4 is 10.6 Å². The number of hydrogen-bond acceptors (Lipinski definition) is 2. The van der Waals surface area contributed by atoms with Gasteiger partial charge in [0.25, 0.3) is 0 Å². The van der Waals surface area contributed by atoms with Gasteiger partial charge in [-0.05, 0) is 25.2 Å². The van der Waals surface area contributed by atoms with Crippen LogP contribution in [0.25, 0.3) is 0 Å². The van der Waals surface area contributed by atoms with Crippen LogP contribution in [0.5, 0.6) is 0 Å². The smallest absolute Gasteiger partial charge is 0.221 e. The largest absolute Gasteiger partial charge is 0.356 e. The zero-order valence-electron chi connectivity index (χ0n) is 8.72. The fourth-order valence-corrected chi connectivity index (χ4v) is 1.59. The normalized spacial score (nSPS) is 20.9. The van der Waals surface area contributed by atoms with Gasteiger partial charge in [-0.3, -0.25) is 4.79 Å². The number of carbonyl (C=O) groups is 1. The van der Waals surface area contributed by atoms with E-state index in [9.17, 15) is 4.79 Å². The van der Waals surface area contributed by atoms with Crippen LogP contribution in [-0.2, 0) is 4.79 Å². The monoisotopic (exact) mass is 196 g/mol. The van der Waals surface area contributed by atoms with Crippen LogP contribution in [0, 0.1) is 5.92 Å². The van der Waals surface area contributed by atoms with Crippen molar-refractivity contribution in [3.63, 3.8) is 0 Å². The molecule has 2 aliphatic rings. The summed E-state index contributed by atoms with van der Waals surface area (Å²) in [6, 6.07) is 0.717. The molecule has 2 fully saturated rings. The van der Waals surface area contributed by atoms with Crippen molar-refractivity contribution in [1.82, 2.24) is 10.6 Å². The molecule has 0 saturated heterocycles. The summed E-state index contributed by atoms with van der Waals surface area (Å²) in [5.41, 5.74) is 0. The van der Waals surface area contributed by atoms with Gasteiger partial charge in [0.2, 0.25) is 5.91 Å². The Hall–Kier alpha value is -0.570. The second-order valence-electron chi connectivity index (χ2n) is 4.56. The maximum atomic E-state index is 11.3. The predicted molar refractivity (Wildman–Crippen MR) is 56.0 cm³/mol.